The molecule has 0 aromatic carbocycles. The van der Waals surface area contributed by atoms with Gasteiger partial charge in [-0.1, -0.05) is 30.9 Å². The molecule has 0 spiro atoms. The summed E-state index contributed by atoms with van der Waals surface area (Å²) in [5.74, 6) is 0.652. The van der Waals surface area contributed by atoms with Crippen LogP contribution in [0.4, 0.5) is 4.79 Å². The predicted octanol–water partition coefficient (Wildman–Crippen LogP) is 1.71. The number of primary amides is 1. The van der Waals surface area contributed by atoms with Gasteiger partial charge in [0, 0.05) is 6.42 Å². The van der Waals surface area contributed by atoms with E-state index in [1.807, 2.05) is 19.1 Å². The number of nitrogens with one attached hydrogen (secondary N) is 1. The Hall–Kier alpha value is -1.71. The first-order valence-electron chi connectivity index (χ1n) is 4.68. The van der Waals surface area contributed by atoms with Crippen molar-refractivity contribution in [1.29, 1.82) is 0 Å². The Morgan fingerprint density at radius 2 is 2.20 bits per heavy atom. The van der Waals surface area contributed by atoms with E-state index in [-0.39, 0.29) is 0 Å². The van der Waals surface area contributed by atoms with Gasteiger partial charge in [-0.15, -0.1) is 0 Å². The van der Waals surface area contributed by atoms with E-state index in [4.69, 9.17) is 10.5 Å². The maximum atomic E-state index is 10.3. The molecule has 0 aliphatic carbocycles. The number of hydrogen-bond acceptors (Lipinski definition) is 2. The second-order valence-corrected chi connectivity index (χ2v) is 3.13. The van der Waals surface area contributed by atoms with Crippen LogP contribution in [0.3, 0.4) is 0 Å². The summed E-state index contributed by atoms with van der Waals surface area (Å²) >= 11 is 0. The minimum Gasteiger partial charge on any atom is -0.496 e. The van der Waals surface area contributed by atoms with Gasteiger partial charge in [0.25, 0.3) is 0 Å². The average molecular weight is 210 g/mol. The van der Waals surface area contributed by atoms with E-state index in [9.17, 15) is 4.79 Å². The summed E-state index contributed by atoms with van der Waals surface area (Å²) in [6, 6.07) is -0.550. The third-order valence-corrected chi connectivity index (χ3v) is 1.46. The van der Waals surface area contributed by atoms with Crippen LogP contribution >= 0.6 is 0 Å². The molecule has 0 aliphatic rings. The van der Waals surface area contributed by atoms with Crippen molar-refractivity contribution in [2.24, 2.45) is 5.73 Å². The second kappa shape index (κ2) is 7.67. The standard InChI is InChI=1S/C11H18N2O2/c1-9(2)5-4-6-10(3)15-8-7-13-11(12)14/h4-5H,1,3,6-8H2,2H3,(H3,12,13,14). The number of urea groups is 1. The Morgan fingerprint density at radius 3 is 2.73 bits per heavy atom. The molecule has 84 valence electrons. The fourth-order valence-corrected chi connectivity index (χ4v) is 0.820. The molecule has 0 atom stereocenters. The first-order valence-corrected chi connectivity index (χ1v) is 4.68. The van der Waals surface area contributed by atoms with Crippen molar-refractivity contribution in [3.63, 3.8) is 0 Å². The van der Waals surface area contributed by atoms with Crippen LogP contribution in [0, 0.1) is 0 Å². The molecular weight excluding hydrogens is 192 g/mol. The molecule has 0 aromatic rings. The number of rotatable bonds is 7. The Labute approximate surface area is 90.5 Å². The molecule has 0 heterocycles. The highest BCUT2D eigenvalue weighted by atomic mass is 16.5. The zero-order chi connectivity index (χ0) is 11.7. The zero-order valence-electron chi connectivity index (χ0n) is 9.08. The predicted molar refractivity (Wildman–Crippen MR) is 61.2 cm³/mol. The molecule has 0 saturated carbocycles. The smallest absolute Gasteiger partial charge is 0.312 e. The number of hydrogen-bond donors (Lipinski definition) is 2. The van der Waals surface area contributed by atoms with Gasteiger partial charge in [-0.25, -0.2) is 4.79 Å². The highest BCUT2D eigenvalue weighted by Gasteiger charge is 1.93. The van der Waals surface area contributed by atoms with Gasteiger partial charge >= 0.3 is 6.03 Å². The maximum Gasteiger partial charge on any atom is 0.312 e. The van der Waals surface area contributed by atoms with Crippen LogP contribution in [-0.4, -0.2) is 19.2 Å². The third kappa shape index (κ3) is 10.2. The van der Waals surface area contributed by atoms with E-state index in [2.05, 4.69) is 18.5 Å². The lowest BCUT2D eigenvalue weighted by Crippen LogP contribution is -2.32. The SMILES string of the molecule is C=C(C)C=CCC(=C)OCCNC(N)=O. The molecule has 0 saturated heterocycles. The zero-order valence-corrected chi connectivity index (χ0v) is 9.08. The maximum absolute atomic E-state index is 10.3. The largest absolute Gasteiger partial charge is 0.496 e. The molecule has 0 unspecified atom stereocenters. The van der Waals surface area contributed by atoms with Gasteiger partial charge in [0.1, 0.15) is 6.61 Å². The summed E-state index contributed by atoms with van der Waals surface area (Å²) in [5, 5.41) is 2.42. The third-order valence-electron chi connectivity index (χ3n) is 1.46. The van der Waals surface area contributed by atoms with Crippen LogP contribution in [0.2, 0.25) is 0 Å². The van der Waals surface area contributed by atoms with Gasteiger partial charge in [-0.2, -0.15) is 0 Å². The molecule has 3 N–H and O–H groups in total. The van der Waals surface area contributed by atoms with Crippen LogP contribution < -0.4 is 11.1 Å². The Bertz CT molecular complexity index is 270. The van der Waals surface area contributed by atoms with E-state index in [1.54, 1.807) is 0 Å². The summed E-state index contributed by atoms with van der Waals surface area (Å²) in [7, 11) is 0. The van der Waals surface area contributed by atoms with E-state index in [1.165, 1.54) is 0 Å². The lowest BCUT2D eigenvalue weighted by Gasteiger charge is -2.07. The summed E-state index contributed by atoms with van der Waals surface area (Å²) < 4.78 is 5.23. The van der Waals surface area contributed by atoms with Gasteiger partial charge in [0.2, 0.25) is 0 Å². The van der Waals surface area contributed by atoms with Crippen LogP contribution in [0.1, 0.15) is 13.3 Å². The number of ether oxygens (including phenoxy) is 1. The van der Waals surface area contributed by atoms with Gasteiger partial charge in [0.15, 0.2) is 0 Å². The van der Waals surface area contributed by atoms with Gasteiger partial charge in [0.05, 0.1) is 12.3 Å². The normalized spacial score (nSPS) is 9.93. The lowest BCUT2D eigenvalue weighted by molar-refractivity contribution is 0.206. The van der Waals surface area contributed by atoms with Crippen molar-refractivity contribution >= 4 is 6.03 Å². The molecular formula is C11H18N2O2. The highest BCUT2D eigenvalue weighted by Crippen LogP contribution is 2.02. The molecule has 0 aromatic heterocycles. The number of carbonyl (C=O) groups excluding carboxylic acids is 1. The van der Waals surface area contributed by atoms with Crippen LogP contribution in [-0.2, 0) is 4.74 Å². The number of nitrogens with two attached hydrogens (primary N) is 1. The van der Waals surface area contributed by atoms with E-state index < -0.39 is 6.03 Å². The number of amides is 2. The topological polar surface area (TPSA) is 64.3 Å². The van der Waals surface area contributed by atoms with E-state index in [0.717, 1.165) is 5.57 Å². The lowest BCUT2D eigenvalue weighted by atomic mass is 10.2. The molecule has 0 aliphatic heterocycles. The van der Waals surface area contributed by atoms with Crippen LogP contribution in [0.5, 0.6) is 0 Å². The molecule has 4 heteroatoms. The van der Waals surface area contributed by atoms with Crippen molar-refractivity contribution in [1.82, 2.24) is 5.32 Å². The first kappa shape index (κ1) is 13.3. The molecule has 0 bridgehead atoms. The molecule has 2 amide bonds. The minimum atomic E-state index is -0.550. The summed E-state index contributed by atoms with van der Waals surface area (Å²) in [6.45, 7) is 10.1. The van der Waals surface area contributed by atoms with Crippen molar-refractivity contribution < 1.29 is 9.53 Å². The van der Waals surface area contributed by atoms with Gasteiger partial charge in [-0.05, 0) is 6.92 Å². The fourth-order valence-electron chi connectivity index (χ4n) is 0.820. The first-order chi connectivity index (χ1) is 7.02. The van der Waals surface area contributed by atoms with Crippen molar-refractivity contribution in [3.8, 4) is 0 Å². The van der Waals surface area contributed by atoms with Gasteiger partial charge < -0.3 is 15.8 Å². The monoisotopic (exact) mass is 210 g/mol. The molecule has 0 rings (SSSR count). The van der Waals surface area contributed by atoms with Crippen molar-refractivity contribution in [3.05, 3.63) is 36.6 Å². The Morgan fingerprint density at radius 1 is 1.53 bits per heavy atom. The highest BCUT2D eigenvalue weighted by molar-refractivity contribution is 5.71. The Balaban J connectivity index is 3.49. The van der Waals surface area contributed by atoms with Crippen molar-refractivity contribution in [2.45, 2.75) is 13.3 Å². The average Bonchev–Trinajstić information content (AvgIpc) is 2.11. The molecule has 0 fully saturated rings. The van der Waals surface area contributed by atoms with Crippen molar-refractivity contribution in [2.75, 3.05) is 13.2 Å². The van der Waals surface area contributed by atoms with Crippen LogP contribution in [0.25, 0.3) is 0 Å². The molecule has 15 heavy (non-hydrogen) atoms. The van der Waals surface area contributed by atoms with E-state index in [0.29, 0.717) is 25.3 Å². The van der Waals surface area contributed by atoms with Gasteiger partial charge in [-0.3, -0.25) is 0 Å². The minimum absolute atomic E-state index is 0.378. The molecule has 0 radical (unpaired) electrons. The number of carbonyl (C=O) groups is 1. The number of allylic oxidation sites excluding steroid dienone is 3. The van der Waals surface area contributed by atoms with Crippen LogP contribution in [0.15, 0.2) is 36.6 Å². The summed E-state index contributed by atoms with van der Waals surface area (Å²) in [6.07, 6.45) is 4.46. The van der Waals surface area contributed by atoms with E-state index >= 15 is 0 Å². The quantitative estimate of drug-likeness (QED) is 0.381. The summed E-state index contributed by atoms with van der Waals surface area (Å²) in [5.41, 5.74) is 5.86. The second-order valence-electron chi connectivity index (χ2n) is 3.13. The Kier molecular flexibility index (Phi) is 6.80. The molecule has 4 nitrogen and oxygen atoms in total. The fraction of sp³-hybridized carbons (Fsp3) is 0.364. The summed E-state index contributed by atoms with van der Waals surface area (Å²) in [4.78, 5) is 10.3.